The molecule has 1 aliphatic rings. The van der Waals surface area contributed by atoms with Gasteiger partial charge in [-0.25, -0.2) is 9.97 Å². The van der Waals surface area contributed by atoms with Gasteiger partial charge in [0.2, 0.25) is 0 Å². The number of rotatable bonds is 3. The number of aromatic amines is 1. The first kappa shape index (κ1) is 16.1. The van der Waals surface area contributed by atoms with Gasteiger partial charge in [-0.15, -0.1) is 0 Å². The van der Waals surface area contributed by atoms with Crippen LogP contribution in [0.4, 0.5) is 11.5 Å². The van der Waals surface area contributed by atoms with Crippen LogP contribution < -0.4 is 9.80 Å². The van der Waals surface area contributed by atoms with Gasteiger partial charge in [0.25, 0.3) is 0 Å². The van der Waals surface area contributed by atoms with E-state index in [1.54, 1.807) is 6.33 Å². The van der Waals surface area contributed by atoms with Crippen molar-refractivity contribution in [1.82, 2.24) is 20.2 Å². The zero-order chi connectivity index (χ0) is 17.2. The van der Waals surface area contributed by atoms with Gasteiger partial charge >= 0.3 is 0 Å². The summed E-state index contributed by atoms with van der Waals surface area (Å²) in [7, 11) is 0. The molecule has 3 heterocycles. The van der Waals surface area contributed by atoms with E-state index in [1.807, 2.05) is 18.2 Å². The summed E-state index contributed by atoms with van der Waals surface area (Å²) >= 11 is 6.15. The third-order valence-corrected chi connectivity index (χ3v) is 4.95. The molecular formula is C18H21ClN6. The van der Waals surface area contributed by atoms with Gasteiger partial charge < -0.3 is 9.80 Å². The maximum Gasteiger partial charge on any atom is 0.160 e. The Bertz CT molecular complexity index is 877. The molecule has 0 amide bonds. The molecule has 130 valence electrons. The Kier molecular flexibility index (Phi) is 4.44. The van der Waals surface area contributed by atoms with Crippen LogP contribution in [0, 0.1) is 0 Å². The molecule has 4 rings (SSSR count). The number of aryl methyl sites for hydroxylation is 1. The number of hydrogen-bond acceptors (Lipinski definition) is 5. The minimum atomic E-state index is 0.780. The number of aromatic nitrogens is 4. The van der Waals surface area contributed by atoms with Crippen molar-refractivity contribution in [3.8, 4) is 0 Å². The van der Waals surface area contributed by atoms with Gasteiger partial charge in [-0.2, -0.15) is 5.10 Å². The molecule has 3 aromatic rings. The van der Waals surface area contributed by atoms with Crippen molar-refractivity contribution in [2.75, 3.05) is 36.0 Å². The van der Waals surface area contributed by atoms with E-state index in [0.29, 0.717) is 0 Å². The SMILES string of the molecule is CCc1n[nH]c2ncnc(N3CCCN(c4cccc(Cl)c4)CC3)c12. The van der Waals surface area contributed by atoms with Crippen LogP contribution >= 0.6 is 11.6 Å². The van der Waals surface area contributed by atoms with E-state index in [0.717, 1.165) is 66.6 Å². The number of anilines is 2. The molecule has 0 spiro atoms. The Hall–Kier alpha value is -2.34. The van der Waals surface area contributed by atoms with Crippen molar-refractivity contribution in [2.24, 2.45) is 0 Å². The molecule has 0 atom stereocenters. The molecule has 1 fully saturated rings. The van der Waals surface area contributed by atoms with Crippen LogP contribution in [0.2, 0.25) is 5.02 Å². The average molecular weight is 357 g/mol. The average Bonchev–Trinajstić information content (AvgIpc) is 2.90. The fourth-order valence-corrected chi connectivity index (χ4v) is 3.64. The molecule has 25 heavy (non-hydrogen) atoms. The fraction of sp³-hybridized carbons (Fsp3) is 0.389. The van der Waals surface area contributed by atoms with Crippen LogP contribution in [-0.4, -0.2) is 46.3 Å². The van der Waals surface area contributed by atoms with Crippen molar-refractivity contribution < 1.29 is 0 Å². The predicted molar refractivity (Wildman–Crippen MR) is 102 cm³/mol. The first-order chi connectivity index (χ1) is 12.3. The molecular weight excluding hydrogens is 336 g/mol. The number of hydrogen-bond donors (Lipinski definition) is 1. The topological polar surface area (TPSA) is 60.9 Å². The third-order valence-electron chi connectivity index (χ3n) is 4.72. The van der Waals surface area contributed by atoms with E-state index in [1.165, 1.54) is 5.69 Å². The molecule has 0 bridgehead atoms. The highest BCUT2D eigenvalue weighted by Gasteiger charge is 2.20. The lowest BCUT2D eigenvalue weighted by molar-refractivity contribution is 0.799. The summed E-state index contributed by atoms with van der Waals surface area (Å²) in [4.78, 5) is 13.6. The van der Waals surface area contributed by atoms with E-state index in [4.69, 9.17) is 11.6 Å². The van der Waals surface area contributed by atoms with Gasteiger partial charge in [0.1, 0.15) is 12.1 Å². The molecule has 7 heteroatoms. The molecule has 1 N–H and O–H groups in total. The van der Waals surface area contributed by atoms with Gasteiger partial charge in [-0.05, 0) is 31.0 Å². The van der Waals surface area contributed by atoms with Gasteiger partial charge in [-0.1, -0.05) is 24.6 Å². The lowest BCUT2D eigenvalue weighted by Crippen LogP contribution is -2.31. The summed E-state index contributed by atoms with van der Waals surface area (Å²) in [6.45, 7) is 5.93. The normalized spacial score (nSPS) is 15.6. The van der Waals surface area contributed by atoms with Gasteiger partial charge in [0.15, 0.2) is 5.65 Å². The predicted octanol–water partition coefficient (Wildman–Crippen LogP) is 3.29. The van der Waals surface area contributed by atoms with Crippen LogP contribution in [0.5, 0.6) is 0 Å². The van der Waals surface area contributed by atoms with Gasteiger partial charge in [-0.3, -0.25) is 5.10 Å². The molecule has 0 saturated carbocycles. The lowest BCUT2D eigenvalue weighted by atomic mass is 10.2. The Balaban J connectivity index is 1.60. The van der Waals surface area contributed by atoms with E-state index >= 15 is 0 Å². The maximum atomic E-state index is 6.15. The fourth-order valence-electron chi connectivity index (χ4n) is 3.46. The zero-order valence-corrected chi connectivity index (χ0v) is 15.0. The summed E-state index contributed by atoms with van der Waals surface area (Å²) in [5.74, 6) is 0.989. The van der Waals surface area contributed by atoms with E-state index in [9.17, 15) is 0 Å². The molecule has 6 nitrogen and oxygen atoms in total. The number of nitrogens with zero attached hydrogens (tertiary/aromatic N) is 5. The number of nitrogens with one attached hydrogen (secondary N) is 1. The largest absolute Gasteiger partial charge is 0.370 e. The molecule has 1 saturated heterocycles. The standard InChI is InChI=1S/C18H21ClN6/c1-2-15-16-17(23-22-15)20-12-21-18(16)25-8-4-7-24(9-10-25)14-6-3-5-13(19)11-14/h3,5-6,11-12H,2,4,7-10H2,1H3,(H,20,21,22,23). The van der Waals surface area contributed by atoms with Crippen LogP contribution in [0.15, 0.2) is 30.6 Å². The molecule has 0 aliphatic carbocycles. The maximum absolute atomic E-state index is 6.15. The van der Waals surface area contributed by atoms with Crippen molar-refractivity contribution in [1.29, 1.82) is 0 Å². The van der Waals surface area contributed by atoms with E-state index < -0.39 is 0 Å². The van der Waals surface area contributed by atoms with Crippen LogP contribution in [0.25, 0.3) is 11.0 Å². The highest BCUT2D eigenvalue weighted by molar-refractivity contribution is 6.30. The Morgan fingerprint density at radius 1 is 1.12 bits per heavy atom. The molecule has 2 aromatic heterocycles. The van der Waals surface area contributed by atoms with Crippen LogP contribution in [0.3, 0.4) is 0 Å². The van der Waals surface area contributed by atoms with Crippen LogP contribution in [-0.2, 0) is 6.42 Å². The van der Waals surface area contributed by atoms with E-state index in [2.05, 4.69) is 43.0 Å². The summed E-state index contributed by atoms with van der Waals surface area (Å²) in [6.07, 6.45) is 3.55. The smallest absolute Gasteiger partial charge is 0.160 e. The summed E-state index contributed by atoms with van der Waals surface area (Å²) in [5, 5.41) is 9.24. The third kappa shape index (κ3) is 3.14. The Labute approximate surface area is 151 Å². The van der Waals surface area contributed by atoms with Crippen molar-refractivity contribution >= 4 is 34.1 Å². The quantitative estimate of drug-likeness (QED) is 0.780. The Morgan fingerprint density at radius 3 is 2.80 bits per heavy atom. The van der Waals surface area contributed by atoms with Crippen molar-refractivity contribution in [2.45, 2.75) is 19.8 Å². The molecule has 0 unspecified atom stereocenters. The second-order valence-electron chi connectivity index (χ2n) is 6.25. The number of halogens is 1. The summed E-state index contributed by atoms with van der Waals surface area (Å²) in [5.41, 5.74) is 3.03. The zero-order valence-electron chi connectivity index (χ0n) is 14.2. The van der Waals surface area contributed by atoms with Gasteiger partial charge in [0.05, 0.1) is 11.1 Å². The minimum absolute atomic E-state index is 0.780. The first-order valence-corrected chi connectivity index (χ1v) is 9.07. The first-order valence-electron chi connectivity index (χ1n) is 8.69. The molecule has 1 aromatic carbocycles. The highest BCUT2D eigenvalue weighted by atomic mass is 35.5. The monoisotopic (exact) mass is 356 g/mol. The van der Waals surface area contributed by atoms with E-state index in [-0.39, 0.29) is 0 Å². The molecule has 0 radical (unpaired) electrons. The summed E-state index contributed by atoms with van der Waals surface area (Å²) in [6, 6.07) is 8.08. The van der Waals surface area contributed by atoms with Gasteiger partial charge in [0, 0.05) is 36.9 Å². The molecule has 1 aliphatic heterocycles. The summed E-state index contributed by atoms with van der Waals surface area (Å²) < 4.78 is 0. The lowest BCUT2D eigenvalue weighted by Gasteiger charge is -2.24. The van der Waals surface area contributed by atoms with Crippen LogP contribution in [0.1, 0.15) is 19.0 Å². The number of benzene rings is 1. The minimum Gasteiger partial charge on any atom is -0.370 e. The van der Waals surface area contributed by atoms with Crippen molar-refractivity contribution in [3.05, 3.63) is 41.3 Å². The second kappa shape index (κ2) is 6.88. The second-order valence-corrected chi connectivity index (χ2v) is 6.69. The number of H-pyrrole nitrogens is 1. The number of fused-ring (bicyclic) bond motifs is 1. The highest BCUT2D eigenvalue weighted by Crippen LogP contribution is 2.27. The Morgan fingerprint density at radius 2 is 1.96 bits per heavy atom. The van der Waals surface area contributed by atoms with Crippen molar-refractivity contribution in [3.63, 3.8) is 0 Å².